The van der Waals surface area contributed by atoms with E-state index >= 15 is 0 Å². The molecule has 0 saturated carbocycles. The topological polar surface area (TPSA) is 46.3 Å². The number of carbonyl (C=O) groups excluding carboxylic acids is 1. The summed E-state index contributed by atoms with van der Waals surface area (Å²) in [6, 6.07) is -0.0926. The van der Waals surface area contributed by atoms with E-state index in [1.54, 1.807) is 0 Å². The summed E-state index contributed by atoms with van der Waals surface area (Å²) < 4.78 is 0. The predicted octanol–water partition coefficient (Wildman–Crippen LogP) is 1.23. The highest BCUT2D eigenvalue weighted by molar-refractivity contribution is 5.79. The number of nitrogens with two attached hydrogens (primary N) is 1. The van der Waals surface area contributed by atoms with E-state index < -0.39 is 0 Å². The summed E-state index contributed by atoms with van der Waals surface area (Å²) in [5, 5.41) is 0. The summed E-state index contributed by atoms with van der Waals surface area (Å²) in [7, 11) is 3.73. The number of hydrogen-bond acceptors (Lipinski definition) is 2. The molecule has 0 bridgehead atoms. The number of hydrogen-bond donors (Lipinski definition) is 1. The standard InChI is InChI=1S/C7H16N2O.C2H6/c1-4-5-6(7(8)10)9(2)3;1-2/h6H,4-5H2,1-3H3,(H2,8,10);1-2H3. The van der Waals surface area contributed by atoms with E-state index in [0.29, 0.717) is 0 Å². The molecule has 0 radical (unpaired) electrons. The zero-order valence-corrected chi connectivity index (χ0v) is 8.92. The van der Waals surface area contributed by atoms with Crippen LogP contribution in [0.1, 0.15) is 33.6 Å². The van der Waals surface area contributed by atoms with Crippen LogP contribution in [0.4, 0.5) is 0 Å². The summed E-state index contributed by atoms with van der Waals surface area (Å²) in [5.41, 5.74) is 5.14. The number of amides is 1. The molecular formula is C9H22N2O. The number of likely N-dealkylation sites (N-methyl/N-ethyl adjacent to an activating group) is 1. The smallest absolute Gasteiger partial charge is 0.234 e. The van der Waals surface area contributed by atoms with Crippen molar-refractivity contribution in [3.05, 3.63) is 0 Å². The van der Waals surface area contributed by atoms with Gasteiger partial charge >= 0.3 is 0 Å². The van der Waals surface area contributed by atoms with Crippen LogP contribution in [-0.4, -0.2) is 30.9 Å². The highest BCUT2D eigenvalue weighted by atomic mass is 16.1. The van der Waals surface area contributed by atoms with Gasteiger partial charge in [0.1, 0.15) is 0 Å². The van der Waals surface area contributed by atoms with E-state index in [4.69, 9.17) is 5.73 Å². The van der Waals surface area contributed by atoms with Crippen molar-refractivity contribution >= 4 is 5.91 Å². The zero-order chi connectivity index (χ0) is 10.1. The van der Waals surface area contributed by atoms with Crippen LogP contribution in [0.5, 0.6) is 0 Å². The van der Waals surface area contributed by atoms with E-state index in [9.17, 15) is 4.79 Å². The van der Waals surface area contributed by atoms with Gasteiger partial charge in [0.2, 0.25) is 5.91 Å². The van der Waals surface area contributed by atoms with Crippen LogP contribution in [0.15, 0.2) is 0 Å². The van der Waals surface area contributed by atoms with Gasteiger partial charge in [0.25, 0.3) is 0 Å². The van der Waals surface area contributed by atoms with Gasteiger partial charge in [-0.05, 0) is 20.5 Å². The maximum absolute atomic E-state index is 10.7. The molecule has 3 nitrogen and oxygen atoms in total. The number of primary amides is 1. The Hall–Kier alpha value is -0.570. The maximum atomic E-state index is 10.7. The molecular weight excluding hydrogens is 152 g/mol. The lowest BCUT2D eigenvalue weighted by atomic mass is 10.1. The van der Waals surface area contributed by atoms with Crippen molar-refractivity contribution in [3.63, 3.8) is 0 Å². The SMILES string of the molecule is CC.CCCC(C(N)=O)N(C)C. The van der Waals surface area contributed by atoms with Crippen LogP contribution in [-0.2, 0) is 4.79 Å². The van der Waals surface area contributed by atoms with Gasteiger partial charge in [-0.15, -0.1) is 0 Å². The molecule has 0 spiro atoms. The van der Waals surface area contributed by atoms with E-state index in [1.807, 2.05) is 39.8 Å². The first-order valence-electron chi connectivity index (χ1n) is 4.55. The summed E-state index contributed by atoms with van der Waals surface area (Å²) in [4.78, 5) is 12.6. The lowest BCUT2D eigenvalue weighted by Gasteiger charge is -2.19. The largest absolute Gasteiger partial charge is 0.368 e. The van der Waals surface area contributed by atoms with Crippen LogP contribution in [0.25, 0.3) is 0 Å². The van der Waals surface area contributed by atoms with E-state index in [1.165, 1.54) is 0 Å². The minimum atomic E-state index is -0.230. The molecule has 0 aromatic heterocycles. The van der Waals surface area contributed by atoms with Crippen molar-refractivity contribution < 1.29 is 4.79 Å². The second-order valence-corrected chi connectivity index (χ2v) is 2.67. The molecule has 0 heterocycles. The summed E-state index contributed by atoms with van der Waals surface area (Å²) in [5.74, 6) is -0.230. The number of rotatable bonds is 4. The third-order valence-corrected chi connectivity index (χ3v) is 1.51. The lowest BCUT2D eigenvalue weighted by molar-refractivity contribution is -0.122. The molecule has 3 heteroatoms. The molecule has 0 aliphatic heterocycles. The Bertz CT molecular complexity index is 113. The third kappa shape index (κ3) is 6.16. The fraction of sp³-hybridized carbons (Fsp3) is 0.889. The number of carbonyl (C=O) groups is 1. The molecule has 1 unspecified atom stereocenters. The Morgan fingerprint density at radius 2 is 1.83 bits per heavy atom. The van der Waals surface area contributed by atoms with Gasteiger partial charge < -0.3 is 5.73 Å². The van der Waals surface area contributed by atoms with Crippen LogP contribution in [0.3, 0.4) is 0 Å². The van der Waals surface area contributed by atoms with Gasteiger partial charge in [-0.2, -0.15) is 0 Å². The second kappa shape index (κ2) is 8.53. The first-order valence-corrected chi connectivity index (χ1v) is 4.55. The third-order valence-electron chi connectivity index (χ3n) is 1.51. The molecule has 2 N–H and O–H groups in total. The summed E-state index contributed by atoms with van der Waals surface area (Å²) >= 11 is 0. The van der Waals surface area contributed by atoms with E-state index in [2.05, 4.69) is 0 Å². The van der Waals surface area contributed by atoms with Crippen molar-refractivity contribution in [1.82, 2.24) is 4.90 Å². The molecule has 0 aromatic rings. The summed E-state index contributed by atoms with van der Waals surface area (Å²) in [6.45, 7) is 6.04. The number of nitrogens with zero attached hydrogens (tertiary/aromatic N) is 1. The molecule has 0 aromatic carbocycles. The molecule has 1 amide bonds. The fourth-order valence-corrected chi connectivity index (χ4v) is 0.928. The quantitative estimate of drug-likeness (QED) is 0.696. The van der Waals surface area contributed by atoms with Gasteiger partial charge in [0, 0.05) is 0 Å². The van der Waals surface area contributed by atoms with Gasteiger partial charge in [-0.25, -0.2) is 0 Å². The van der Waals surface area contributed by atoms with Crippen LogP contribution in [0, 0.1) is 0 Å². The Kier molecular flexibility index (Phi) is 9.93. The normalized spacial score (nSPS) is 11.8. The average molecular weight is 174 g/mol. The van der Waals surface area contributed by atoms with Crippen molar-refractivity contribution in [2.75, 3.05) is 14.1 Å². The first-order chi connectivity index (χ1) is 5.59. The molecule has 0 fully saturated rings. The lowest BCUT2D eigenvalue weighted by Crippen LogP contribution is -2.40. The van der Waals surface area contributed by atoms with Gasteiger partial charge in [-0.3, -0.25) is 9.69 Å². The van der Waals surface area contributed by atoms with Crippen LogP contribution < -0.4 is 5.73 Å². The van der Waals surface area contributed by atoms with E-state index in [0.717, 1.165) is 12.8 Å². The predicted molar refractivity (Wildman–Crippen MR) is 52.9 cm³/mol. The average Bonchev–Trinajstić information content (AvgIpc) is 2.03. The molecule has 0 saturated heterocycles. The minimum absolute atomic E-state index is 0.0926. The molecule has 0 rings (SSSR count). The fourth-order valence-electron chi connectivity index (χ4n) is 0.928. The van der Waals surface area contributed by atoms with Crippen molar-refractivity contribution in [1.29, 1.82) is 0 Å². The van der Waals surface area contributed by atoms with Crippen molar-refractivity contribution in [2.24, 2.45) is 5.73 Å². The zero-order valence-electron chi connectivity index (χ0n) is 8.92. The van der Waals surface area contributed by atoms with Crippen LogP contribution >= 0.6 is 0 Å². The van der Waals surface area contributed by atoms with Gasteiger partial charge in [0.15, 0.2) is 0 Å². The first kappa shape index (κ1) is 14.0. The highest BCUT2D eigenvalue weighted by Crippen LogP contribution is 2.00. The minimum Gasteiger partial charge on any atom is -0.368 e. The molecule has 0 aliphatic rings. The van der Waals surface area contributed by atoms with Gasteiger partial charge in [-0.1, -0.05) is 27.2 Å². The molecule has 1 atom stereocenters. The monoisotopic (exact) mass is 174 g/mol. The second-order valence-electron chi connectivity index (χ2n) is 2.67. The maximum Gasteiger partial charge on any atom is 0.234 e. The molecule has 0 aliphatic carbocycles. The van der Waals surface area contributed by atoms with Crippen LogP contribution in [0.2, 0.25) is 0 Å². The Morgan fingerprint density at radius 3 is 1.92 bits per heavy atom. The highest BCUT2D eigenvalue weighted by Gasteiger charge is 2.15. The van der Waals surface area contributed by atoms with Crippen molar-refractivity contribution in [3.8, 4) is 0 Å². The van der Waals surface area contributed by atoms with E-state index in [-0.39, 0.29) is 11.9 Å². The summed E-state index contributed by atoms with van der Waals surface area (Å²) in [6.07, 6.45) is 1.84. The Morgan fingerprint density at radius 1 is 1.42 bits per heavy atom. The molecule has 74 valence electrons. The van der Waals surface area contributed by atoms with Crippen molar-refractivity contribution in [2.45, 2.75) is 39.7 Å². The Balaban J connectivity index is 0. The Labute approximate surface area is 75.9 Å². The van der Waals surface area contributed by atoms with Gasteiger partial charge in [0.05, 0.1) is 6.04 Å². The molecule has 12 heavy (non-hydrogen) atoms.